The highest BCUT2D eigenvalue weighted by Crippen LogP contribution is 2.39. The highest BCUT2D eigenvalue weighted by atomic mass is 16.5. The van der Waals surface area contributed by atoms with E-state index in [1.54, 1.807) is 7.11 Å². The number of ether oxygens (including phenoxy) is 2. The minimum absolute atomic E-state index is 0.0269. The molecule has 0 heterocycles. The van der Waals surface area contributed by atoms with Crippen LogP contribution in [0.25, 0.3) is 0 Å². The summed E-state index contributed by atoms with van der Waals surface area (Å²) in [7, 11) is 1.71. The molecule has 3 heteroatoms. The van der Waals surface area contributed by atoms with Crippen molar-refractivity contribution in [3.63, 3.8) is 0 Å². The van der Waals surface area contributed by atoms with E-state index in [0.29, 0.717) is 12.5 Å². The maximum absolute atomic E-state index is 11.7. The molecule has 1 saturated carbocycles. The number of carbonyl (C=O) groups is 1. The SMILES string of the molecule is CCOC(=O)C1CCC(c2ccccc2OC)CC1. The molecule has 104 valence electrons. The second-order valence-electron chi connectivity index (χ2n) is 5.04. The van der Waals surface area contributed by atoms with Crippen LogP contribution < -0.4 is 4.74 Å². The van der Waals surface area contributed by atoms with Crippen molar-refractivity contribution in [2.75, 3.05) is 13.7 Å². The van der Waals surface area contributed by atoms with E-state index in [1.807, 2.05) is 19.1 Å². The maximum atomic E-state index is 11.7. The van der Waals surface area contributed by atoms with Gasteiger partial charge in [0, 0.05) is 0 Å². The number of benzene rings is 1. The van der Waals surface area contributed by atoms with Crippen LogP contribution in [0.1, 0.15) is 44.1 Å². The molecule has 2 rings (SSSR count). The van der Waals surface area contributed by atoms with Crippen LogP contribution in [0.5, 0.6) is 5.75 Å². The fourth-order valence-electron chi connectivity index (χ4n) is 2.90. The molecule has 0 amide bonds. The van der Waals surface area contributed by atoms with Crippen molar-refractivity contribution in [3.8, 4) is 5.75 Å². The van der Waals surface area contributed by atoms with E-state index in [1.165, 1.54) is 5.56 Å². The van der Waals surface area contributed by atoms with Crippen molar-refractivity contribution < 1.29 is 14.3 Å². The summed E-state index contributed by atoms with van der Waals surface area (Å²) in [6.45, 7) is 2.34. The normalized spacial score (nSPS) is 22.8. The lowest BCUT2D eigenvalue weighted by Crippen LogP contribution is -2.23. The molecule has 0 saturated heterocycles. The van der Waals surface area contributed by atoms with Crippen molar-refractivity contribution in [1.29, 1.82) is 0 Å². The predicted octanol–water partition coefficient (Wildman–Crippen LogP) is 3.53. The van der Waals surface area contributed by atoms with Crippen LogP contribution in [0.3, 0.4) is 0 Å². The lowest BCUT2D eigenvalue weighted by Gasteiger charge is -2.28. The first kappa shape index (κ1) is 13.9. The highest BCUT2D eigenvalue weighted by Gasteiger charge is 2.28. The molecular formula is C16H22O3. The molecule has 0 N–H and O–H groups in total. The number of methoxy groups -OCH3 is 1. The first-order valence-electron chi connectivity index (χ1n) is 7.05. The smallest absolute Gasteiger partial charge is 0.308 e. The molecule has 0 radical (unpaired) electrons. The van der Waals surface area contributed by atoms with Crippen LogP contribution in [0, 0.1) is 5.92 Å². The minimum Gasteiger partial charge on any atom is -0.496 e. The van der Waals surface area contributed by atoms with Crippen molar-refractivity contribution in [2.45, 2.75) is 38.5 Å². The van der Waals surface area contributed by atoms with Gasteiger partial charge in [0.2, 0.25) is 0 Å². The number of hydrogen-bond acceptors (Lipinski definition) is 3. The minimum atomic E-state index is -0.0269. The van der Waals surface area contributed by atoms with Crippen LogP contribution in [-0.4, -0.2) is 19.7 Å². The van der Waals surface area contributed by atoms with Gasteiger partial charge in [0.15, 0.2) is 0 Å². The van der Waals surface area contributed by atoms with Gasteiger partial charge in [-0.2, -0.15) is 0 Å². The molecule has 3 nitrogen and oxygen atoms in total. The summed E-state index contributed by atoms with van der Waals surface area (Å²) < 4.78 is 10.5. The monoisotopic (exact) mass is 262 g/mol. The third-order valence-corrected chi connectivity index (χ3v) is 3.93. The average molecular weight is 262 g/mol. The molecule has 1 aliphatic carbocycles. The number of rotatable bonds is 4. The number of para-hydroxylation sites is 1. The Labute approximate surface area is 114 Å². The Bertz CT molecular complexity index is 420. The van der Waals surface area contributed by atoms with Gasteiger partial charge < -0.3 is 9.47 Å². The average Bonchev–Trinajstić information content (AvgIpc) is 2.47. The summed E-state index contributed by atoms with van der Waals surface area (Å²) >= 11 is 0. The van der Waals surface area contributed by atoms with Crippen molar-refractivity contribution >= 4 is 5.97 Å². The largest absolute Gasteiger partial charge is 0.496 e. The third-order valence-electron chi connectivity index (χ3n) is 3.93. The Morgan fingerprint density at radius 1 is 1.21 bits per heavy atom. The van der Waals surface area contributed by atoms with Gasteiger partial charge in [0.1, 0.15) is 5.75 Å². The molecule has 1 fully saturated rings. The molecule has 0 unspecified atom stereocenters. The van der Waals surface area contributed by atoms with Gasteiger partial charge in [-0.15, -0.1) is 0 Å². The van der Waals surface area contributed by atoms with Crippen LogP contribution >= 0.6 is 0 Å². The summed E-state index contributed by atoms with van der Waals surface area (Å²) in [5, 5.41) is 0. The Balaban J connectivity index is 1.98. The Hall–Kier alpha value is -1.51. The standard InChI is InChI=1S/C16H22O3/c1-3-19-16(17)13-10-8-12(9-11-13)14-6-4-5-7-15(14)18-2/h4-7,12-13H,3,8-11H2,1-2H3. The topological polar surface area (TPSA) is 35.5 Å². The van der Waals surface area contributed by atoms with Crippen LogP contribution in [0.2, 0.25) is 0 Å². The van der Waals surface area contributed by atoms with E-state index in [4.69, 9.17) is 9.47 Å². The van der Waals surface area contributed by atoms with E-state index >= 15 is 0 Å². The fraction of sp³-hybridized carbons (Fsp3) is 0.562. The van der Waals surface area contributed by atoms with Crippen molar-refractivity contribution in [1.82, 2.24) is 0 Å². The zero-order valence-corrected chi connectivity index (χ0v) is 11.7. The van der Waals surface area contributed by atoms with Crippen LogP contribution in [0.4, 0.5) is 0 Å². The summed E-state index contributed by atoms with van der Waals surface area (Å²) in [4.78, 5) is 11.7. The second kappa shape index (κ2) is 6.60. The first-order valence-corrected chi connectivity index (χ1v) is 7.05. The molecule has 0 bridgehead atoms. The van der Waals surface area contributed by atoms with Crippen LogP contribution in [0.15, 0.2) is 24.3 Å². The van der Waals surface area contributed by atoms with E-state index in [9.17, 15) is 4.79 Å². The highest BCUT2D eigenvalue weighted by molar-refractivity contribution is 5.72. The quantitative estimate of drug-likeness (QED) is 0.779. The Morgan fingerprint density at radius 3 is 2.53 bits per heavy atom. The lowest BCUT2D eigenvalue weighted by molar-refractivity contribution is -0.149. The first-order chi connectivity index (χ1) is 9.26. The molecule has 19 heavy (non-hydrogen) atoms. The van der Waals surface area contributed by atoms with Gasteiger partial charge in [-0.1, -0.05) is 18.2 Å². The van der Waals surface area contributed by atoms with Gasteiger partial charge in [0.25, 0.3) is 0 Å². The van der Waals surface area contributed by atoms with Gasteiger partial charge >= 0.3 is 5.97 Å². The lowest BCUT2D eigenvalue weighted by atomic mass is 9.78. The molecule has 0 spiro atoms. The van der Waals surface area contributed by atoms with E-state index in [2.05, 4.69) is 12.1 Å². The summed E-state index contributed by atoms with van der Waals surface area (Å²) in [5.74, 6) is 1.52. The molecule has 1 aromatic rings. The van der Waals surface area contributed by atoms with E-state index in [-0.39, 0.29) is 11.9 Å². The summed E-state index contributed by atoms with van der Waals surface area (Å²) in [6, 6.07) is 8.18. The molecule has 0 atom stereocenters. The molecule has 1 aliphatic rings. The third kappa shape index (κ3) is 3.28. The fourth-order valence-corrected chi connectivity index (χ4v) is 2.90. The number of hydrogen-bond donors (Lipinski definition) is 0. The Morgan fingerprint density at radius 2 is 1.89 bits per heavy atom. The van der Waals surface area contributed by atoms with Crippen molar-refractivity contribution in [2.24, 2.45) is 5.92 Å². The predicted molar refractivity (Wildman–Crippen MR) is 74.3 cm³/mol. The van der Waals surface area contributed by atoms with E-state index < -0.39 is 0 Å². The molecule has 1 aromatic carbocycles. The van der Waals surface area contributed by atoms with Crippen LogP contribution in [-0.2, 0) is 9.53 Å². The number of esters is 1. The molecule has 0 aromatic heterocycles. The second-order valence-corrected chi connectivity index (χ2v) is 5.04. The zero-order chi connectivity index (χ0) is 13.7. The van der Waals surface area contributed by atoms with Crippen molar-refractivity contribution in [3.05, 3.63) is 29.8 Å². The van der Waals surface area contributed by atoms with E-state index in [0.717, 1.165) is 31.4 Å². The van der Waals surface area contributed by atoms with Gasteiger partial charge in [-0.3, -0.25) is 4.79 Å². The van der Waals surface area contributed by atoms with Gasteiger partial charge in [0.05, 0.1) is 19.6 Å². The Kier molecular flexibility index (Phi) is 4.83. The maximum Gasteiger partial charge on any atom is 0.308 e. The number of carbonyl (C=O) groups excluding carboxylic acids is 1. The van der Waals surface area contributed by atoms with Gasteiger partial charge in [-0.05, 0) is 50.2 Å². The molecule has 0 aliphatic heterocycles. The summed E-state index contributed by atoms with van der Waals surface area (Å²) in [6.07, 6.45) is 3.90. The van der Waals surface area contributed by atoms with Gasteiger partial charge in [-0.25, -0.2) is 0 Å². The molecular weight excluding hydrogens is 240 g/mol. The zero-order valence-electron chi connectivity index (χ0n) is 11.7. The summed E-state index contributed by atoms with van der Waals surface area (Å²) in [5.41, 5.74) is 1.27.